The number of hydrogen-bond donors (Lipinski definition) is 0. The second-order valence-electron chi connectivity index (χ2n) is 7.64. The Morgan fingerprint density at radius 1 is 0.733 bits per heavy atom. The van der Waals surface area contributed by atoms with Gasteiger partial charge < -0.3 is 14.7 Å². The molecule has 0 unspecified atom stereocenters. The second kappa shape index (κ2) is 8.44. The van der Waals surface area contributed by atoms with Crippen LogP contribution >= 0.6 is 11.8 Å². The molecule has 0 saturated carbocycles. The molecule has 152 valence electrons. The third-order valence-corrected chi connectivity index (χ3v) is 6.97. The van der Waals surface area contributed by atoms with Gasteiger partial charge in [0.2, 0.25) is 5.91 Å². The number of amides is 1. The van der Waals surface area contributed by atoms with Crippen LogP contribution in [0.15, 0.2) is 88.7 Å². The molecular weight excluding hydrogens is 390 g/mol. The van der Waals surface area contributed by atoms with Gasteiger partial charge in [0, 0.05) is 54.6 Å². The van der Waals surface area contributed by atoms with Crippen LogP contribution in [0.4, 0.5) is 17.1 Å². The van der Waals surface area contributed by atoms with Crippen LogP contribution in [-0.2, 0) is 4.79 Å². The Morgan fingerprint density at radius 3 is 1.93 bits per heavy atom. The van der Waals surface area contributed by atoms with Gasteiger partial charge in [-0.1, -0.05) is 54.2 Å². The molecule has 3 aromatic carbocycles. The Kier molecular flexibility index (Phi) is 5.37. The molecule has 0 atom stereocenters. The molecule has 0 radical (unpaired) electrons. The first-order chi connectivity index (χ1) is 14.8. The van der Waals surface area contributed by atoms with Gasteiger partial charge in [-0.25, -0.2) is 0 Å². The first-order valence-electron chi connectivity index (χ1n) is 10.5. The Morgan fingerprint density at radius 2 is 1.30 bits per heavy atom. The molecule has 0 aliphatic carbocycles. The minimum absolute atomic E-state index is 0.246. The van der Waals surface area contributed by atoms with Crippen molar-refractivity contribution < 1.29 is 4.79 Å². The number of carbonyl (C=O) groups is 1. The van der Waals surface area contributed by atoms with Crippen LogP contribution in [0, 0.1) is 0 Å². The van der Waals surface area contributed by atoms with Crippen molar-refractivity contribution in [1.29, 1.82) is 0 Å². The molecular formula is C25H25N3OS. The number of nitrogens with zero attached hydrogens (tertiary/aromatic N) is 3. The Labute approximate surface area is 182 Å². The summed E-state index contributed by atoms with van der Waals surface area (Å²) in [6.45, 7) is 4.06. The van der Waals surface area contributed by atoms with E-state index in [-0.39, 0.29) is 5.91 Å². The fraction of sp³-hybridized carbons (Fsp3) is 0.240. The van der Waals surface area contributed by atoms with Crippen molar-refractivity contribution >= 4 is 34.7 Å². The fourth-order valence-corrected chi connectivity index (χ4v) is 5.34. The van der Waals surface area contributed by atoms with Crippen molar-refractivity contribution in [3.63, 3.8) is 0 Å². The van der Waals surface area contributed by atoms with E-state index in [1.54, 1.807) is 11.8 Å². The number of piperazine rings is 1. The summed E-state index contributed by atoms with van der Waals surface area (Å²) in [6.07, 6.45) is 0.526. The van der Waals surface area contributed by atoms with Crippen LogP contribution in [0.5, 0.6) is 0 Å². The molecule has 0 aromatic heterocycles. The lowest BCUT2D eigenvalue weighted by Gasteiger charge is -2.37. The van der Waals surface area contributed by atoms with E-state index < -0.39 is 0 Å². The SMILES string of the molecule is O=C(CCN1c2ccccc2Sc2ccccc21)N1CCN(c2ccccc2)CC1. The topological polar surface area (TPSA) is 26.8 Å². The van der Waals surface area contributed by atoms with E-state index in [4.69, 9.17) is 0 Å². The molecule has 3 aromatic rings. The average Bonchev–Trinajstić information content (AvgIpc) is 2.82. The average molecular weight is 416 g/mol. The molecule has 1 fully saturated rings. The quantitative estimate of drug-likeness (QED) is 0.597. The van der Waals surface area contributed by atoms with Crippen molar-refractivity contribution in [2.45, 2.75) is 16.2 Å². The summed E-state index contributed by atoms with van der Waals surface area (Å²) in [4.78, 5) is 22.2. The minimum atomic E-state index is 0.246. The summed E-state index contributed by atoms with van der Waals surface area (Å²) in [6, 6.07) is 27.4. The maximum Gasteiger partial charge on any atom is 0.224 e. The summed E-state index contributed by atoms with van der Waals surface area (Å²) in [7, 11) is 0. The Balaban J connectivity index is 1.24. The van der Waals surface area contributed by atoms with Crippen LogP contribution in [0.2, 0.25) is 0 Å². The zero-order valence-corrected chi connectivity index (χ0v) is 17.7. The standard InChI is InChI=1S/C25H25N3OS/c29-25(27-18-16-26(17-19-27)20-8-2-1-3-9-20)14-15-28-21-10-4-6-12-23(21)30-24-13-7-5-11-22(24)28/h1-13H,14-19H2. The lowest BCUT2D eigenvalue weighted by Crippen LogP contribution is -2.49. The number of fused-ring (bicyclic) bond motifs is 2. The summed E-state index contributed by atoms with van der Waals surface area (Å²) < 4.78 is 0. The number of para-hydroxylation sites is 3. The number of anilines is 3. The van der Waals surface area contributed by atoms with Crippen molar-refractivity contribution in [2.75, 3.05) is 42.5 Å². The lowest BCUT2D eigenvalue weighted by molar-refractivity contribution is -0.131. The molecule has 0 bridgehead atoms. The molecule has 0 spiro atoms. The maximum absolute atomic E-state index is 13.0. The summed E-state index contributed by atoms with van der Waals surface area (Å²) >= 11 is 1.80. The highest BCUT2D eigenvalue weighted by molar-refractivity contribution is 7.99. The predicted molar refractivity (Wildman–Crippen MR) is 124 cm³/mol. The normalized spacial score (nSPS) is 15.5. The van der Waals surface area contributed by atoms with Crippen LogP contribution in [0.3, 0.4) is 0 Å². The first-order valence-corrected chi connectivity index (χ1v) is 11.3. The van der Waals surface area contributed by atoms with Crippen LogP contribution in [0.1, 0.15) is 6.42 Å². The smallest absolute Gasteiger partial charge is 0.224 e. The van der Waals surface area contributed by atoms with Gasteiger partial charge in [0.1, 0.15) is 0 Å². The van der Waals surface area contributed by atoms with Crippen LogP contribution in [0.25, 0.3) is 0 Å². The Hall–Kier alpha value is -2.92. The second-order valence-corrected chi connectivity index (χ2v) is 8.73. The molecule has 1 amide bonds. The molecule has 2 heterocycles. The lowest BCUT2D eigenvalue weighted by atomic mass is 10.2. The summed E-state index contributed by atoms with van der Waals surface area (Å²) in [5.41, 5.74) is 3.63. The van der Waals surface area contributed by atoms with E-state index in [2.05, 4.69) is 82.6 Å². The van der Waals surface area contributed by atoms with Gasteiger partial charge in [-0.2, -0.15) is 0 Å². The zero-order chi connectivity index (χ0) is 20.3. The van der Waals surface area contributed by atoms with Gasteiger partial charge in [-0.3, -0.25) is 4.79 Å². The van der Waals surface area contributed by atoms with Gasteiger partial charge >= 0.3 is 0 Å². The molecule has 2 aliphatic heterocycles. The number of hydrogen-bond acceptors (Lipinski definition) is 4. The first kappa shape index (κ1) is 19.1. The van der Waals surface area contributed by atoms with E-state index in [9.17, 15) is 4.79 Å². The molecule has 5 rings (SSSR count). The van der Waals surface area contributed by atoms with E-state index in [0.717, 1.165) is 26.2 Å². The van der Waals surface area contributed by atoms with Gasteiger partial charge in [0.25, 0.3) is 0 Å². The van der Waals surface area contributed by atoms with Crippen molar-refractivity contribution in [2.24, 2.45) is 0 Å². The number of rotatable bonds is 4. The fourth-order valence-electron chi connectivity index (χ4n) is 4.24. The third kappa shape index (κ3) is 3.77. The van der Waals surface area contributed by atoms with Gasteiger partial charge in [-0.15, -0.1) is 0 Å². The maximum atomic E-state index is 13.0. The van der Waals surface area contributed by atoms with Crippen LogP contribution in [-0.4, -0.2) is 43.5 Å². The highest BCUT2D eigenvalue weighted by Gasteiger charge is 2.25. The minimum Gasteiger partial charge on any atom is -0.368 e. The molecule has 1 saturated heterocycles. The van der Waals surface area contributed by atoms with Gasteiger partial charge in [-0.05, 0) is 36.4 Å². The highest BCUT2D eigenvalue weighted by Crippen LogP contribution is 2.47. The largest absolute Gasteiger partial charge is 0.368 e. The predicted octanol–water partition coefficient (Wildman–Crippen LogP) is 5.03. The molecule has 30 heavy (non-hydrogen) atoms. The van der Waals surface area contributed by atoms with Crippen molar-refractivity contribution in [3.05, 3.63) is 78.9 Å². The van der Waals surface area contributed by atoms with Crippen molar-refractivity contribution in [1.82, 2.24) is 4.90 Å². The van der Waals surface area contributed by atoms with Gasteiger partial charge in [0.05, 0.1) is 11.4 Å². The zero-order valence-electron chi connectivity index (χ0n) is 16.9. The van der Waals surface area contributed by atoms with Gasteiger partial charge in [0.15, 0.2) is 0 Å². The van der Waals surface area contributed by atoms with E-state index >= 15 is 0 Å². The molecule has 4 nitrogen and oxygen atoms in total. The highest BCUT2D eigenvalue weighted by atomic mass is 32.2. The summed E-state index contributed by atoms with van der Waals surface area (Å²) in [5, 5.41) is 0. The molecule has 0 N–H and O–H groups in total. The van der Waals surface area contributed by atoms with E-state index in [0.29, 0.717) is 13.0 Å². The molecule has 2 aliphatic rings. The monoisotopic (exact) mass is 415 g/mol. The number of benzene rings is 3. The third-order valence-electron chi connectivity index (χ3n) is 5.84. The van der Waals surface area contributed by atoms with E-state index in [1.165, 1.54) is 26.9 Å². The Bertz CT molecular complexity index is 986. The van der Waals surface area contributed by atoms with Crippen molar-refractivity contribution in [3.8, 4) is 0 Å². The van der Waals surface area contributed by atoms with Crippen LogP contribution < -0.4 is 9.80 Å². The van der Waals surface area contributed by atoms with E-state index in [1.807, 2.05) is 11.0 Å². The molecule has 5 heteroatoms. The number of carbonyl (C=O) groups excluding carboxylic acids is 1. The summed E-state index contributed by atoms with van der Waals surface area (Å²) in [5.74, 6) is 0.246.